The van der Waals surface area contributed by atoms with Gasteiger partial charge >= 0.3 is 59.8 Å². The highest BCUT2D eigenvalue weighted by molar-refractivity contribution is 6.02. The van der Waals surface area contributed by atoms with E-state index < -0.39 is 347 Å². The van der Waals surface area contributed by atoms with E-state index in [1.165, 1.54) is 0 Å². The highest BCUT2D eigenvalue weighted by atomic mass is 16.6. The summed E-state index contributed by atoms with van der Waals surface area (Å²) in [7, 11) is 0. The van der Waals surface area contributed by atoms with Gasteiger partial charge in [0.1, 0.15) is 28.8 Å². The first kappa shape index (κ1) is 110. The van der Waals surface area contributed by atoms with Crippen LogP contribution in [0.1, 0.15) is 115 Å². The lowest BCUT2D eigenvalue weighted by molar-refractivity contribution is -0.142. The van der Waals surface area contributed by atoms with Crippen molar-refractivity contribution in [2.24, 2.45) is 0 Å². The van der Waals surface area contributed by atoms with Crippen LogP contribution >= 0.6 is 0 Å². The third kappa shape index (κ3) is 52.6. The van der Waals surface area contributed by atoms with E-state index in [0.717, 1.165) is 27.1 Å². The number of carboxylic acids is 9. The van der Waals surface area contributed by atoms with E-state index in [-0.39, 0.29) is 71.0 Å². The van der Waals surface area contributed by atoms with Gasteiger partial charge in [0.25, 0.3) is 0 Å². The molecule has 46 nitrogen and oxygen atoms in total. The fourth-order valence-electron chi connectivity index (χ4n) is 11.6. The molecule has 16 N–H and O–H groups in total. The van der Waals surface area contributed by atoms with Crippen molar-refractivity contribution in [2.45, 2.75) is 138 Å². The van der Waals surface area contributed by atoms with Crippen LogP contribution in [0, 0.1) is 0 Å². The number of rotatable bonds is 80. The molecule has 46 heteroatoms. The van der Waals surface area contributed by atoms with Gasteiger partial charge in [-0.15, -0.1) is 0 Å². The Kier molecular flexibility index (Phi) is 55.4. The van der Waals surface area contributed by atoms with Gasteiger partial charge in [-0.3, -0.25) is 71.9 Å². The third-order valence-electron chi connectivity index (χ3n) is 17.7. The van der Waals surface area contributed by atoms with Crippen LogP contribution in [-0.4, -0.2) is 355 Å². The number of carbonyl (C=O) groups excluding carboxylic acids is 7. The minimum absolute atomic E-state index is 0.0193. The van der Waals surface area contributed by atoms with Crippen molar-refractivity contribution in [1.29, 1.82) is 0 Å². The van der Waals surface area contributed by atoms with Gasteiger partial charge in [0.15, 0.2) is 0 Å². The average Bonchev–Trinajstić information content (AvgIpc) is 0.776. The minimum Gasteiger partial charge on any atom is -0.481 e. The molecule has 0 fully saturated rings. The van der Waals surface area contributed by atoms with Crippen LogP contribution in [0.2, 0.25) is 0 Å². The highest BCUT2D eigenvalue weighted by Gasteiger charge is 2.39. The number of carbonyl (C=O) groups is 16. The number of hydrogen-bond donors (Lipinski definition) is 16. The Labute approximate surface area is 729 Å². The molecular weight excluding hydrogens is 1690 g/mol. The normalized spacial score (nSPS) is 11.6. The summed E-state index contributed by atoms with van der Waals surface area (Å²) in [6.45, 7) is -12.1. The average molecular weight is 1810 g/mol. The summed E-state index contributed by atoms with van der Waals surface area (Å²) < 4.78 is 79.9. The summed E-state index contributed by atoms with van der Waals surface area (Å²) >= 11 is 0. The summed E-state index contributed by atoms with van der Waals surface area (Å²) in [5, 5.41) is 107. The molecule has 3 aromatic carbocycles. The van der Waals surface area contributed by atoms with Crippen LogP contribution in [0.15, 0.2) is 54.6 Å². The molecule has 0 aromatic heterocycles. The molecule has 0 aliphatic heterocycles. The zero-order valence-corrected chi connectivity index (χ0v) is 70.7. The van der Waals surface area contributed by atoms with Gasteiger partial charge in [-0.05, 0) is 40.5 Å². The van der Waals surface area contributed by atoms with Crippen molar-refractivity contribution in [3.8, 4) is 0 Å². The highest BCUT2D eigenvalue weighted by Crippen LogP contribution is 2.29. The molecule has 127 heavy (non-hydrogen) atoms. The van der Waals surface area contributed by atoms with Gasteiger partial charge in [0, 0.05) is 63.7 Å². The van der Waals surface area contributed by atoms with Gasteiger partial charge in [-0.1, -0.05) is 48.5 Å². The monoisotopic (exact) mass is 1810 g/mol. The number of nitrogens with one attached hydrogen (secondary N) is 7. The number of alkyl carbamates (subject to hydrolysis) is 1. The summed E-state index contributed by atoms with van der Waals surface area (Å²) in [5.74, 6) is -15.5. The van der Waals surface area contributed by atoms with Crippen molar-refractivity contribution >= 4 is 117 Å². The fourth-order valence-corrected chi connectivity index (χ4v) is 11.6. The Morgan fingerprint density at radius 1 is 0.244 bits per heavy atom. The van der Waals surface area contributed by atoms with E-state index in [9.17, 15) is 123 Å². The van der Waals surface area contributed by atoms with Crippen molar-refractivity contribution < 1.29 is 189 Å². The Hall–Kier alpha value is -11.0. The molecule has 712 valence electrons. The standard InChI is InChI=1S/C81H119N7O39/c89-62(11-5-27-84-77(113)127-44-61-59-9-3-1-7-57(59)43-58-8-2-4-10-60(58)61)83-28-42-114-29-13-63(90)82-26-6-12-64(91)85-78(45-115-30-14-65(92)86-79(48-118-33-17-68(95)96,49-119-34-18-69(97)98)50-120-35-19-70(99)100,46-116-31-15-66(93)87-80(51-121-36-20-71(101)102,52-122-37-21-72(103)104)53-123-38-22-73(105)106)47-117-32-16-67(94)88-81(54-124-39-23-74(107)108,55-125-40-24-75(109)110)56-126-41-25-76(111)112/h1-4,7-10,43H,5-6,11-42,44-56H2,(H,82,90)(H,83,89)(H,84,113)(H,85,91)(H,86,92)(H,87,93)(H,88,94)(H,95,96)(H,97,98)(H,99,100)(H,101,102)(H,103,104)(H,105,106)(H,107,108)(H,109,110)(H,111,112). The van der Waals surface area contributed by atoms with E-state index in [1.54, 1.807) is 0 Å². The zero-order valence-electron chi connectivity index (χ0n) is 70.7. The number of benzene rings is 3. The number of ether oxygens (including phenoxy) is 14. The molecule has 0 spiro atoms. The molecule has 3 rings (SSSR count). The predicted octanol–water partition coefficient (Wildman–Crippen LogP) is 0.480. The molecule has 0 aliphatic rings. The van der Waals surface area contributed by atoms with E-state index in [1.807, 2.05) is 48.5 Å². The van der Waals surface area contributed by atoms with Crippen LogP contribution in [0.3, 0.4) is 0 Å². The zero-order chi connectivity index (χ0) is 93.6. The van der Waals surface area contributed by atoms with Crippen LogP contribution in [0.25, 0.3) is 21.5 Å². The summed E-state index contributed by atoms with van der Waals surface area (Å²) in [5.41, 5.74) is -6.34. The molecule has 0 heterocycles. The van der Waals surface area contributed by atoms with Crippen molar-refractivity contribution in [2.75, 3.05) is 191 Å². The second-order valence-corrected chi connectivity index (χ2v) is 29.1. The second kappa shape index (κ2) is 63.8. The molecule has 7 amide bonds. The number of fused-ring (bicyclic) bond motifs is 2. The Bertz CT molecular complexity index is 3490. The van der Waals surface area contributed by atoms with Gasteiger partial charge in [0.05, 0.1) is 230 Å². The summed E-state index contributed by atoms with van der Waals surface area (Å²) in [4.78, 5) is 198. The number of aliphatic carboxylic acids is 9. The van der Waals surface area contributed by atoms with Crippen molar-refractivity contribution in [3.63, 3.8) is 0 Å². The van der Waals surface area contributed by atoms with E-state index in [0.29, 0.717) is 6.42 Å². The first-order chi connectivity index (χ1) is 60.7. The van der Waals surface area contributed by atoms with Crippen LogP contribution in [-0.2, 0) is 145 Å². The summed E-state index contributed by atoms with van der Waals surface area (Å²) in [6.07, 6.45) is -7.20. The molecule has 0 unspecified atom stereocenters. The van der Waals surface area contributed by atoms with E-state index >= 15 is 0 Å². The molecule has 0 aliphatic carbocycles. The number of amides is 7. The quantitative estimate of drug-likeness (QED) is 0.0270. The van der Waals surface area contributed by atoms with Gasteiger partial charge in [-0.25, -0.2) is 4.79 Å². The smallest absolute Gasteiger partial charge is 0.407 e. The maximum Gasteiger partial charge on any atom is 0.407 e. The van der Waals surface area contributed by atoms with Crippen LogP contribution < -0.4 is 37.2 Å². The number of carboxylic acid groups (broad SMARTS) is 9. The molecular formula is C81H119N7O39. The molecule has 0 saturated carbocycles. The first-order valence-electron chi connectivity index (χ1n) is 40.7. The van der Waals surface area contributed by atoms with E-state index in [4.69, 9.17) is 66.3 Å². The Balaban J connectivity index is 1.94. The lowest BCUT2D eigenvalue weighted by Crippen LogP contribution is -2.60. The van der Waals surface area contributed by atoms with Gasteiger partial charge in [-0.2, -0.15) is 0 Å². The Morgan fingerprint density at radius 3 is 0.748 bits per heavy atom. The van der Waals surface area contributed by atoms with Crippen LogP contribution in [0.5, 0.6) is 0 Å². The second-order valence-electron chi connectivity index (χ2n) is 29.1. The van der Waals surface area contributed by atoms with Crippen molar-refractivity contribution in [1.82, 2.24) is 37.2 Å². The molecule has 0 radical (unpaired) electrons. The summed E-state index contributed by atoms with van der Waals surface area (Å²) in [6, 6.07) is 17.6. The van der Waals surface area contributed by atoms with Crippen molar-refractivity contribution in [3.05, 3.63) is 60.2 Å². The topological polar surface area (TPSA) is 669 Å². The first-order valence-corrected chi connectivity index (χ1v) is 40.7. The minimum atomic E-state index is -1.95. The van der Waals surface area contributed by atoms with Gasteiger partial charge in [0.2, 0.25) is 35.4 Å². The maximum absolute atomic E-state index is 14.4. The lowest BCUT2D eigenvalue weighted by Gasteiger charge is -2.35. The largest absolute Gasteiger partial charge is 0.481 e. The third-order valence-corrected chi connectivity index (χ3v) is 17.7. The van der Waals surface area contributed by atoms with Gasteiger partial charge < -0.3 is 149 Å². The molecule has 0 bridgehead atoms. The fraction of sp³-hybridized carbons (Fsp3) is 0.630. The van der Waals surface area contributed by atoms with Crippen LogP contribution in [0.4, 0.5) is 4.79 Å². The molecule has 0 saturated heterocycles. The Morgan fingerprint density at radius 2 is 0.465 bits per heavy atom. The maximum atomic E-state index is 14.4. The number of hydrogen-bond acceptors (Lipinski definition) is 30. The lowest BCUT2D eigenvalue weighted by atomic mass is 9.97. The van der Waals surface area contributed by atoms with E-state index in [2.05, 4.69) is 43.3 Å². The predicted molar refractivity (Wildman–Crippen MR) is 437 cm³/mol. The SMILES string of the molecule is O=C(O)CCOCC(COCCC(=O)O)(COCCC(=O)O)NC(=O)CCOCC(COCCC(=O)NC(COCCC(=O)O)(COCCC(=O)O)COCCC(=O)O)(COCCC(=O)NC(COCCC(=O)O)(COCCC(=O)O)COCCC(=O)O)NC(=O)CCCNC(=O)CCOCCNC(=O)CCCNC(=O)OCc1c2ccccc2cc2ccccc12. The molecule has 3 aromatic rings. The molecule has 0 atom stereocenters.